The van der Waals surface area contributed by atoms with Crippen molar-refractivity contribution in [2.45, 2.75) is 50.5 Å². The zero-order valence-corrected chi connectivity index (χ0v) is 13.6. The Kier molecular flexibility index (Phi) is 3.90. The number of anilines is 1. The summed E-state index contributed by atoms with van der Waals surface area (Å²) in [7, 11) is 1.73. The van der Waals surface area contributed by atoms with Crippen molar-refractivity contribution >= 4 is 5.82 Å². The van der Waals surface area contributed by atoms with Crippen LogP contribution >= 0.6 is 0 Å². The number of aryl methyl sites for hydroxylation is 1. The molecule has 1 heterocycles. The fraction of sp³-hybridized carbons (Fsp3) is 0.474. The topological polar surface area (TPSA) is 47.0 Å². The lowest BCUT2D eigenvalue weighted by Gasteiger charge is -2.18. The molecule has 120 valence electrons. The molecular weight excluding hydrogens is 286 g/mol. The van der Waals surface area contributed by atoms with Crippen molar-refractivity contribution < 1.29 is 4.74 Å². The summed E-state index contributed by atoms with van der Waals surface area (Å²) in [6, 6.07) is 8.88. The van der Waals surface area contributed by atoms with Crippen LogP contribution in [-0.4, -0.2) is 23.1 Å². The van der Waals surface area contributed by atoms with Gasteiger partial charge in [0.25, 0.3) is 0 Å². The van der Waals surface area contributed by atoms with Gasteiger partial charge in [0.05, 0.1) is 7.11 Å². The van der Waals surface area contributed by atoms with Crippen molar-refractivity contribution in [2.24, 2.45) is 0 Å². The summed E-state index contributed by atoms with van der Waals surface area (Å²) in [4.78, 5) is 9.11. The van der Waals surface area contributed by atoms with E-state index in [9.17, 15) is 0 Å². The molecule has 1 fully saturated rings. The maximum atomic E-state index is 5.38. The quantitative estimate of drug-likeness (QED) is 0.874. The molecule has 23 heavy (non-hydrogen) atoms. The van der Waals surface area contributed by atoms with Crippen LogP contribution in [0.3, 0.4) is 0 Å². The van der Waals surface area contributed by atoms with Gasteiger partial charge in [0, 0.05) is 18.2 Å². The third-order valence-corrected chi connectivity index (χ3v) is 4.85. The number of nitrogens with one attached hydrogen (secondary N) is 1. The van der Waals surface area contributed by atoms with Gasteiger partial charge in [-0.25, -0.2) is 9.97 Å². The van der Waals surface area contributed by atoms with Crippen LogP contribution in [0.5, 0.6) is 5.75 Å². The predicted octanol–water partition coefficient (Wildman–Crippen LogP) is 3.72. The number of methoxy groups -OCH3 is 1. The highest BCUT2D eigenvalue weighted by Crippen LogP contribution is 2.38. The molecule has 0 aliphatic heterocycles. The average Bonchev–Trinajstić information content (AvgIpc) is 3.41. The SMILES string of the molecule is COc1ccc2c(c1)CC(Nc1ccnc(C3CC3)n1)CCC2. The van der Waals surface area contributed by atoms with Gasteiger partial charge in [-0.15, -0.1) is 0 Å². The lowest BCUT2D eigenvalue weighted by molar-refractivity contribution is 0.414. The highest BCUT2D eigenvalue weighted by atomic mass is 16.5. The van der Waals surface area contributed by atoms with Crippen molar-refractivity contribution in [2.75, 3.05) is 12.4 Å². The van der Waals surface area contributed by atoms with Crippen LogP contribution in [0.25, 0.3) is 0 Å². The predicted molar refractivity (Wildman–Crippen MR) is 91.1 cm³/mol. The zero-order valence-electron chi connectivity index (χ0n) is 13.6. The first-order valence-electron chi connectivity index (χ1n) is 8.57. The highest BCUT2D eigenvalue weighted by Gasteiger charge is 2.26. The summed E-state index contributed by atoms with van der Waals surface area (Å²) >= 11 is 0. The third-order valence-electron chi connectivity index (χ3n) is 4.85. The van der Waals surface area contributed by atoms with Gasteiger partial charge in [-0.1, -0.05) is 6.07 Å². The maximum Gasteiger partial charge on any atom is 0.133 e. The number of ether oxygens (including phenoxy) is 1. The number of fused-ring (bicyclic) bond motifs is 1. The lowest BCUT2D eigenvalue weighted by Crippen LogP contribution is -2.22. The first-order chi connectivity index (χ1) is 11.3. The van der Waals surface area contributed by atoms with Crippen molar-refractivity contribution in [1.29, 1.82) is 0 Å². The van der Waals surface area contributed by atoms with Crippen LogP contribution in [-0.2, 0) is 12.8 Å². The summed E-state index contributed by atoms with van der Waals surface area (Å²) in [5.41, 5.74) is 2.85. The number of aromatic nitrogens is 2. The number of benzene rings is 1. The summed E-state index contributed by atoms with van der Waals surface area (Å²) in [5, 5.41) is 3.63. The molecule has 0 radical (unpaired) electrons. The van der Waals surface area contributed by atoms with E-state index in [4.69, 9.17) is 9.72 Å². The Labute approximate surface area is 137 Å². The van der Waals surface area contributed by atoms with Crippen molar-refractivity contribution in [1.82, 2.24) is 9.97 Å². The van der Waals surface area contributed by atoms with E-state index in [0.29, 0.717) is 12.0 Å². The molecule has 1 aromatic heterocycles. The molecule has 2 aliphatic carbocycles. The van der Waals surface area contributed by atoms with Crippen LogP contribution in [0.1, 0.15) is 48.6 Å². The molecule has 4 rings (SSSR count). The number of rotatable bonds is 4. The van der Waals surface area contributed by atoms with Gasteiger partial charge < -0.3 is 10.1 Å². The largest absolute Gasteiger partial charge is 0.497 e. The molecule has 1 N–H and O–H groups in total. The molecule has 0 saturated heterocycles. The number of nitrogens with zero attached hydrogens (tertiary/aromatic N) is 2. The summed E-state index contributed by atoms with van der Waals surface area (Å²) < 4.78 is 5.38. The van der Waals surface area contributed by atoms with Crippen molar-refractivity contribution in [3.05, 3.63) is 47.4 Å². The minimum absolute atomic E-state index is 0.422. The molecule has 0 spiro atoms. The van der Waals surface area contributed by atoms with Crippen molar-refractivity contribution in [3.63, 3.8) is 0 Å². The van der Waals surface area contributed by atoms with Gasteiger partial charge >= 0.3 is 0 Å². The van der Waals surface area contributed by atoms with Crippen LogP contribution in [0.4, 0.5) is 5.82 Å². The minimum atomic E-state index is 0.422. The summed E-state index contributed by atoms with van der Waals surface area (Å²) in [6.07, 6.45) is 8.90. The molecule has 1 unspecified atom stereocenters. The number of hydrogen-bond acceptors (Lipinski definition) is 4. The molecule has 2 aliphatic rings. The van der Waals surface area contributed by atoms with Crippen LogP contribution < -0.4 is 10.1 Å². The Morgan fingerprint density at radius 3 is 2.87 bits per heavy atom. The molecule has 4 nitrogen and oxygen atoms in total. The van der Waals surface area contributed by atoms with E-state index in [1.165, 1.54) is 36.8 Å². The van der Waals surface area contributed by atoms with E-state index in [2.05, 4.69) is 28.5 Å². The van der Waals surface area contributed by atoms with Crippen LogP contribution in [0, 0.1) is 0 Å². The van der Waals surface area contributed by atoms with Crippen LogP contribution in [0.15, 0.2) is 30.5 Å². The van der Waals surface area contributed by atoms with Crippen LogP contribution in [0.2, 0.25) is 0 Å². The standard InChI is InChI=1S/C19H23N3O/c1-23-17-8-7-13-3-2-4-16(11-15(13)12-17)21-18-9-10-20-19(22-18)14-5-6-14/h7-10,12,14,16H,2-6,11H2,1H3,(H,20,21,22). The Balaban J connectivity index is 1.51. The second-order valence-electron chi connectivity index (χ2n) is 6.65. The Hall–Kier alpha value is -2.10. The Morgan fingerprint density at radius 1 is 1.13 bits per heavy atom. The Bertz CT molecular complexity index is 697. The first-order valence-corrected chi connectivity index (χ1v) is 8.57. The molecule has 0 bridgehead atoms. The molecule has 4 heteroatoms. The van der Waals surface area contributed by atoms with Gasteiger partial charge in [-0.3, -0.25) is 0 Å². The molecule has 1 saturated carbocycles. The van der Waals surface area contributed by atoms with E-state index in [-0.39, 0.29) is 0 Å². The minimum Gasteiger partial charge on any atom is -0.497 e. The monoisotopic (exact) mass is 309 g/mol. The van der Waals surface area contributed by atoms with Gasteiger partial charge in [0.1, 0.15) is 17.4 Å². The first kappa shape index (κ1) is 14.5. The second-order valence-corrected chi connectivity index (χ2v) is 6.65. The summed E-state index contributed by atoms with van der Waals surface area (Å²) in [6.45, 7) is 0. The van der Waals surface area contributed by atoms with E-state index in [1.807, 2.05) is 12.3 Å². The van der Waals surface area contributed by atoms with E-state index >= 15 is 0 Å². The third kappa shape index (κ3) is 3.31. The average molecular weight is 309 g/mol. The van der Waals surface area contributed by atoms with E-state index in [1.54, 1.807) is 7.11 Å². The summed E-state index contributed by atoms with van der Waals surface area (Å²) in [5.74, 6) is 3.52. The van der Waals surface area contributed by atoms with Gasteiger partial charge in [0.2, 0.25) is 0 Å². The zero-order chi connectivity index (χ0) is 15.6. The second kappa shape index (κ2) is 6.19. The molecular formula is C19H23N3O. The molecule has 1 atom stereocenters. The molecule has 2 aromatic rings. The smallest absolute Gasteiger partial charge is 0.133 e. The van der Waals surface area contributed by atoms with E-state index < -0.39 is 0 Å². The molecule has 0 amide bonds. The fourth-order valence-corrected chi connectivity index (χ4v) is 3.39. The van der Waals surface area contributed by atoms with Crippen molar-refractivity contribution in [3.8, 4) is 5.75 Å². The lowest BCUT2D eigenvalue weighted by atomic mass is 10.0. The van der Waals surface area contributed by atoms with Gasteiger partial charge in [-0.05, 0) is 67.9 Å². The van der Waals surface area contributed by atoms with Gasteiger partial charge in [0.15, 0.2) is 0 Å². The maximum absolute atomic E-state index is 5.38. The Morgan fingerprint density at radius 2 is 2.04 bits per heavy atom. The highest BCUT2D eigenvalue weighted by molar-refractivity contribution is 5.40. The normalized spacial score (nSPS) is 20.5. The number of hydrogen-bond donors (Lipinski definition) is 1. The molecule has 1 aromatic carbocycles. The fourth-order valence-electron chi connectivity index (χ4n) is 3.39. The van der Waals surface area contributed by atoms with Gasteiger partial charge in [-0.2, -0.15) is 0 Å². The van der Waals surface area contributed by atoms with E-state index in [0.717, 1.165) is 30.2 Å².